The number of esters is 1. The van der Waals surface area contributed by atoms with Crippen molar-refractivity contribution in [3.05, 3.63) is 81.8 Å². The maximum absolute atomic E-state index is 12.9. The number of carbonyl (C=O) groups is 2. The third-order valence-corrected chi connectivity index (χ3v) is 5.87. The van der Waals surface area contributed by atoms with Crippen LogP contribution in [-0.2, 0) is 16.0 Å². The predicted molar refractivity (Wildman–Crippen MR) is 138 cm³/mol. The Kier molecular flexibility index (Phi) is 9.01. The molecular formula is C27H27Cl2NO5. The number of benzene rings is 3. The van der Waals surface area contributed by atoms with Crippen LogP contribution in [0, 0.1) is 0 Å². The zero-order valence-corrected chi connectivity index (χ0v) is 21.4. The van der Waals surface area contributed by atoms with Gasteiger partial charge in [-0.05, 0) is 49.2 Å². The van der Waals surface area contributed by atoms with Crippen molar-refractivity contribution in [2.45, 2.75) is 32.4 Å². The minimum Gasteiger partial charge on any atom is -0.496 e. The monoisotopic (exact) mass is 515 g/mol. The number of methoxy groups -OCH3 is 2. The number of rotatable bonds is 9. The van der Waals surface area contributed by atoms with Crippen LogP contribution < -0.4 is 14.8 Å². The molecule has 0 spiro atoms. The molecule has 1 atom stereocenters. The summed E-state index contributed by atoms with van der Waals surface area (Å²) < 4.78 is 16.4. The van der Waals surface area contributed by atoms with Gasteiger partial charge in [-0.2, -0.15) is 0 Å². The van der Waals surface area contributed by atoms with Gasteiger partial charge in [-0.25, -0.2) is 4.79 Å². The van der Waals surface area contributed by atoms with Gasteiger partial charge in [0.1, 0.15) is 17.5 Å². The zero-order valence-electron chi connectivity index (χ0n) is 19.9. The number of ether oxygens (including phenoxy) is 3. The van der Waals surface area contributed by atoms with Crippen LogP contribution in [0.5, 0.6) is 11.5 Å². The standard InChI is InChI=1S/C27H27Cl2NO5/c1-16(2)35-27(32)21(30-26(31)25-19(28)7-5-8-20(25)29)15-17-11-13-18(14-12-17)24-22(33-3)9-6-10-23(24)34-4/h5-14,16,21H,15H2,1-4H3,(H,30,31)/t21-/m0/s1. The van der Waals surface area contributed by atoms with Crippen LogP contribution in [0.25, 0.3) is 11.1 Å². The molecule has 0 aliphatic carbocycles. The van der Waals surface area contributed by atoms with Crippen molar-refractivity contribution in [2.24, 2.45) is 0 Å². The van der Waals surface area contributed by atoms with E-state index >= 15 is 0 Å². The minimum absolute atomic E-state index is 0.108. The van der Waals surface area contributed by atoms with Gasteiger partial charge >= 0.3 is 5.97 Å². The molecule has 0 aromatic heterocycles. The molecule has 3 rings (SSSR count). The van der Waals surface area contributed by atoms with E-state index in [2.05, 4.69) is 5.32 Å². The molecule has 0 aliphatic heterocycles. The van der Waals surface area contributed by atoms with E-state index < -0.39 is 17.9 Å². The van der Waals surface area contributed by atoms with Crippen molar-refractivity contribution >= 4 is 35.1 Å². The van der Waals surface area contributed by atoms with Gasteiger partial charge in [0.05, 0.1) is 41.5 Å². The third kappa shape index (κ3) is 6.47. The lowest BCUT2D eigenvalue weighted by atomic mass is 9.99. The van der Waals surface area contributed by atoms with E-state index in [1.54, 1.807) is 46.3 Å². The van der Waals surface area contributed by atoms with E-state index in [-0.39, 0.29) is 28.1 Å². The zero-order chi connectivity index (χ0) is 25.5. The second-order valence-electron chi connectivity index (χ2n) is 8.05. The Labute approximate surface area is 215 Å². The normalized spacial score (nSPS) is 11.6. The van der Waals surface area contributed by atoms with Crippen LogP contribution in [0.1, 0.15) is 29.8 Å². The van der Waals surface area contributed by atoms with E-state index in [0.29, 0.717) is 11.5 Å². The SMILES string of the molecule is COc1cccc(OC)c1-c1ccc(C[C@H](NC(=O)c2c(Cl)cccc2Cl)C(=O)OC(C)C)cc1. The molecule has 0 aliphatic rings. The molecule has 35 heavy (non-hydrogen) atoms. The first kappa shape index (κ1) is 26.4. The smallest absolute Gasteiger partial charge is 0.329 e. The fourth-order valence-corrected chi connectivity index (χ4v) is 4.20. The van der Waals surface area contributed by atoms with Crippen LogP contribution in [0.15, 0.2) is 60.7 Å². The van der Waals surface area contributed by atoms with E-state index in [0.717, 1.165) is 16.7 Å². The Morgan fingerprint density at radius 2 is 1.40 bits per heavy atom. The molecule has 3 aromatic carbocycles. The Hall–Kier alpha value is -3.22. The molecule has 0 fully saturated rings. The molecular weight excluding hydrogens is 489 g/mol. The van der Waals surface area contributed by atoms with E-state index in [1.165, 1.54) is 0 Å². The van der Waals surface area contributed by atoms with Gasteiger partial charge in [-0.15, -0.1) is 0 Å². The first-order valence-corrected chi connectivity index (χ1v) is 11.8. The van der Waals surface area contributed by atoms with E-state index in [9.17, 15) is 9.59 Å². The summed E-state index contributed by atoms with van der Waals surface area (Å²) in [7, 11) is 3.21. The molecule has 0 heterocycles. The maximum Gasteiger partial charge on any atom is 0.329 e. The molecule has 1 N–H and O–H groups in total. The van der Waals surface area contributed by atoms with Crippen molar-refractivity contribution in [1.82, 2.24) is 5.32 Å². The molecule has 1 amide bonds. The number of amides is 1. The Bertz CT molecular complexity index is 1150. The number of nitrogens with one attached hydrogen (secondary N) is 1. The Morgan fingerprint density at radius 3 is 1.91 bits per heavy atom. The van der Waals surface area contributed by atoms with E-state index in [1.807, 2.05) is 42.5 Å². The number of halogens is 2. The molecule has 3 aromatic rings. The van der Waals surface area contributed by atoms with Gasteiger partial charge in [-0.1, -0.05) is 59.6 Å². The fourth-order valence-electron chi connectivity index (χ4n) is 3.63. The fraction of sp³-hybridized carbons (Fsp3) is 0.259. The summed E-state index contributed by atoms with van der Waals surface area (Å²) in [5, 5.41) is 3.12. The first-order chi connectivity index (χ1) is 16.7. The van der Waals surface area contributed by atoms with Crippen molar-refractivity contribution in [3.8, 4) is 22.6 Å². The Balaban J connectivity index is 1.87. The first-order valence-electron chi connectivity index (χ1n) is 11.0. The number of hydrogen-bond donors (Lipinski definition) is 1. The third-order valence-electron chi connectivity index (χ3n) is 5.24. The summed E-state index contributed by atoms with van der Waals surface area (Å²) in [5.41, 5.74) is 2.63. The molecule has 0 saturated heterocycles. The highest BCUT2D eigenvalue weighted by molar-refractivity contribution is 6.39. The highest BCUT2D eigenvalue weighted by atomic mass is 35.5. The maximum atomic E-state index is 12.9. The van der Waals surface area contributed by atoms with Gasteiger partial charge in [0, 0.05) is 6.42 Å². The second-order valence-corrected chi connectivity index (χ2v) is 8.86. The van der Waals surface area contributed by atoms with Crippen molar-refractivity contribution in [1.29, 1.82) is 0 Å². The molecule has 0 bridgehead atoms. The van der Waals surface area contributed by atoms with Gasteiger partial charge in [0.15, 0.2) is 0 Å². The Morgan fingerprint density at radius 1 is 0.857 bits per heavy atom. The summed E-state index contributed by atoms with van der Waals surface area (Å²) in [4.78, 5) is 25.8. The molecule has 6 nitrogen and oxygen atoms in total. The van der Waals surface area contributed by atoms with Crippen LogP contribution >= 0.6 is 23.2 Å². The van der Waals surface area contributed by atoms with Crippen LogP contribution in [-0.4, -0.2) is 38.2 Å². The predicted octanol–water partition coefficient (Wildman–Crippen LogP) is 5.97. The second kappa shape index (κ2) is 12.0. The van der Waals surface area contributed by atoms with Crippen molar-refractivity contribution < 1.29 is 23.8 Å². The quantitative estimate of drug-likeness (QED) is 0.355. The van der Waals surface area contributed by atoms with E-state index in [4.69, 9.17) is 37.4 Å². The molecule has 0 saturated carbocycles. The van der Waals surface area contributed by atoms with Gasteiger partial charge in [-0.3, -0.25) is 4.79 Å². The van der Waals surface area contributed by atoms with Gasteiger partial charge in [0.25, 0.3) is 5.91 Å². The molecule has 184 valence electrons. The summed E-state index contributed by atoms with van der Waals surface area (Å²) in [5.74, 6) is 0.257. The molecule has 0 unspecified atom stereocenters. The van der Waals surface area contributed by atoms with Crippen LogP contribution in [0.2, 0.25) is 10.0 Å². The van der Waals surface area contributed by atoms with Crippen molar-refractivity contribution in [2.75, 3.05) is 14.2 Å². The van der Waals surface area contributed by atoms with Crippen LogP contribution in [0.4, 0.5) is 0 Å². The van der Waals surface area contributed by atoms with Crippen LogP contribution in [0.3, 0.4) is 0 Å². The lowest BCUT2D eigenvalue weighted by molar-refractivity contribution is -0.149. The summed E-state index contributed by atoms with van der Waals surface area (Å²) >= 11 is 12.4. The number of carbonyl (C=O) groups excluding carboxylic acids is 2. The highest BCUT2D eigenvalue weighted by Gasteiger charge is 2.26. The number of hydrogen-bond acceptors (Lipinski definition) is 5. The highest BCUT2D eigenvalue weighted by Crippen LogP contribution is 2.38. The molecule has 0 radical (unpaired) electrons. The largest absolute Gasteiger partial charge is 0.496 e. The average molecular weight is 516 g/mol. The van der Waals surface area contributed by atoms with Crippen molar-refractivity contribution in [3.63, 3.8) is 0 Å². The average Bonchev–Trinajstić information content (AvgIpc) is 2.83. The topological polar surface area (TPSA) is 73.9 Å². The lowest BCUT2D eigenvalue weighted by Crippen LogP contribution is -2.44. The summed E-state index contributed by atoms with van der Waals surface area (Å²) in [6.07, 6.45) is -0.130. The lowest BCUT2D eigenvalue weighted by Gasteiger charge is -2.20. The molecule has 8 heteroatoms. The summed E-state index contributed by atoms with van der Waals surface area (Å²) in [6.45, 7) is 3.49. The summed E-state index contributed by atoms with van der Waals surface area (Å²) in [6, 6.07) is 17.0. The minimum atomic E-state index is -0.941. The van der Waals surface area contributed by atoms with Gasteiger partial charge in [0.2, 0.25) is 0 Å². The van der Waals surface area contributed by atoms with Gasteiger partial charge < -0.3 is 19.5 Å².